The molecule has 3 atom stereocenters. The molecule has 2 saturated heterocycles. The molecule has 0 radical (unpaired) electrons. The summed E-state index contributed by atoms with van der Waals surface area (Å²) in [7, 11) is 0. The van der Waals surface area contributed by atoms with E-state index in [9.17, 15) is 0 Å². The van der Waals surface area contributed by atoms with E-state index < -0.39 is 0 Å². The second-order valence-corrected chi connectivity index (χ2v) is 6.57. The number of hydrogen-bond acceptors (Lipinski definition) is 3. The van der Waals surface area contributed by atoms with Crippen molar-refractivity contribution < 1.29 is 4.74 Å². The first-order chi connectivity index (χ1) is 9.63. The van der Waals surface area contributed by atoms with Gasteiger partial charge in [-0.2, -0.15) is 0 Å². The van der Waals surface area contributed by atoms with Gasteiger partial charge in [0, 0.05) is 19.1 Å². The molecule has 0 saturated carbocycles. The zero-order valence-corrected chi connectivity index (χ0v) is 12.8. The Morgan fingerprint density at radius 3 is 2.95 bits per heavy atom. The summed E-state index contributed by atoms with van der Waals surface area (Å²) in [4.78, 5) is 2.63. The molecule has 0 amide bonds. The van der Waals surface area contributed by atoms with E-state index in [1.54, 1.807) is 0 Å². The van der Waals surface area contributed by atoms with Crippen LogP contribution >= 0.6 is 0 Å². The van der Waals surface area contributed by atoms with Gasteiger partial charge in [-0.3, -0.25) is 4.90 Å². The fourth-order valence-corrected chi connectivity index (χ4v) is 3.69. The van der Waals surface area contributed by atoms with E-state index in [2.05, 4.69) is 55.3 Å². The minimum atomic E-state index is 0.237. The van der Waals surface area contributed by atoms with Gasteiger partial charge in [-0.15, -0.1) is 0 Å². The minimum absolute atomic E-state index is 0.237. The average Bonchev–Trinajstić information content (AvgIpc) is 2.94. The third kappa shape index (κ3) is 2.84. The number of fused-ring (bicyclic) bond motifs is 1. The van der Waals surface area contributed by atoms with E-state index >= 15 is 0 Å². The molecule has 1 N–H and O–H groups in total. The molecule has 0 aliphatic carbocycles. The third-order valence-corrected chi connectivity index (χ3v) is 4.71. The fraction of sp³-hybridized carbons (Fsp3) is 0.647. The van der Waals surface area contributed by atoms with Crippen LogP contribution < -0.4 is 10.1 Å². The lowest BCUT2D eigenvalue weighted by atomic mass is 9.95. The summed E-state index contributed by atoms with van der Waals surface area (Å²) in [5.74, 6) is 2.68. The standard InChI is InChI=1S/C17H26N2O/c1-12(2)20-16-6-4-5-14(7-16)10-19-11-15-8-18-9-17(15)13(19)3/h4-7,12-13,15,17-18H,8-11H2,1-3H3. The average molecular weight is 274 g/mol. The van der Waals surface area contributed by atoms with E-state index in [-0.39, 0.29) is 6.10 Å². The first-order valence-corrected chi connectivity index (χ1v) is 7.84. The molecule has 1 aromatic carbocycles. The fourth-order valence-electron chi connectivity index (χ4n) is 3.69. The molecule has 0 bridgehead atoms. The van der Waals surface area contributed by atoms with Crippen molar-refractivity contribution in [2.45, 2.75) is 39.5 Å². The van der Waals surface area contributed by atoms with Crippen molar-refractivity contribution in [3.8, 4) is 5.75 Å². The number of ether oxygens (including phenoxy) is 1. The van der Waals surface area contributed by atoms with Gasteiger partial charge in [0.15, 0.2) is 0 Å². The van der Waals surface area contributed by atoms with Crippen LogP contribution in [0.25, 0.3) is 0 Å². The maximum atomic E-state index is 5.79. The summed E-state index contributed by atoms with van der Waals surface area (Å²) in [5, 5.41) is 3.52. The van der Waals surface area contributed by atoms with Crippen molar-refractivity contribution in [3.05, 3.63) is 29.8 Å². The van der Waals surface area contributed by atoms with Crippen molar-refractivity contribution >= 4 is 0 Å². The van der Waals surface area contributed by atoms with Gasteiger partial charge in [0.05, 0.1) is 6.10 Å². The van der Waals surface area contributed by atoms with Crippen LogP contribution in [-0.4, -0.2) is 36.7 Å². The van der Waals surface area contributed by atoms with Crippen molar-refractivity contribution in [1.82, 2.24) is 10.2 Å². The monoisotopic (exact) mass is 274 g/mol. The first kappa shape index (κ1) is 13.9. The van der Waals surface area contributed by atoms with Crippen LogP contribution in [0.5, 0.6) is 5.75 Å². The predicted octanol–water partition coefficient (Wildman–Crippen LogP) is 2.51. The van der Waals surface area contributed by atoms with Gasteiger partial charge in [0.2, 0.25) is 0 Å². The molecule has 2 aliphatic rings. The molecule has 3 nitrogen and oxygen atoms in total. The highest BCUT2D eigenvalue weighted by Crippen LogP contribution is 2.33. The number of nitrogens with one attached hydrogen (secondary N) is 1. The van der Waals surface area contributed by atoms with Crippen molar-refractivity contribution in [3.63, 3.8) is 0 Å². The van der Waals surface area contributed by atoms with Crippen LogP contribution in [0.15, 0.2) is 24.3 Å². The SMILES string of the molecule is CC(C)Oc1cccc(CN2CC3CNCC3C2C)c1. The maximum absolute atomic E-state index is 5.79. The van der Waals surface area contributed by atoms with Crippen molar-refractivity contribution in [2.75, 3.05) is 19.6 Å². The van der Waals surface area contributed by atoms with Crippen LogP contribution in [0, 0.1) is 11.8 Å². The van der Waals surface area contributed by atoms with E-state index in [1.807, 2.05) is 0 Å². The second-order valence-electron chi connectivity index (χ2n) is 6.57. The smallest absolute Gasteiger partial charge is 0.120 e. The lowest BCUT2D eigenvalue weighted by Crippen LogP contribution is -2.32. The van der Waals surface area contributed by atoms with Gasteiger partial charge in [-0.25, -0.2) is 0 Å². The summed E-state index contributed by atoms with van der Waals surface area (Å²) < 4.78 is 5.79. The van der Waals surface area contributed by atoms with Gasteiger partial charge >= 0.3 is 0 Å². The molecule has 2 heterocycles. The summed E-state index contributed by atoms with van der Waals surface area (Å²) in [6, 6.07) is 9.25. The third-order valence-electron chi connectivity index (χ3n) is 4.71. The Kier molecular flexibility index (Phi) is 3.99. The summed E-state index contributed by atoms with van der Waals surface area (Å²) in [6.07, 6.45) is 0.237. The molecule has 3 rings (SSSR count). The highest BCUT2D eigenvalue weighted by atomic mass is 16.5. The molecule has 2 fully saturated rings. The van der Waals surface area contributed by atoms with Crippen molar-refractivity contribution in [2.24, 2.45) is 11.8 Å². The Bertz CT molecular complexity index is 460. The van der Waals surface area contributed by atoms with Gasteiger partial charge in [-0.1, -0.05) is 12.1 Å². The number of benzene rings is 1. The number of rotatable bonds is 4. The molecule has 110 valence electrons. The van der Waals surface area contributed by atoms with Gasteiger partial charge in [0.25, 0.3) is 0 Å². The van der Waals surface area contributed by atoms with Gasteiger partial charge in [0.1, 0.15) is 5.75 Å². The first-order valence-electron chi connectivity index (χ1n) is 7.84. The normalized spacial score (nSPS) is 29.9. The number of hydrogen-bond donors (Lipinski definition) is 1. The highest BCUT2D eigenvalue weighted by Gasteiger charge is 2.41. The van der Waals surface area contributed by atoms with Crippen LogP contribution in [0.1, 0.15) is 26.3 Å². The van der Waals surface area contributed by atoms with Gasteiger partial charge in [-0.05, 0) is 63.4 Å². The Hall–Kier alpha value is -1.06. The van der Waals surface area contributed by atoms with Crippen LogP contribution in [-0.2, 0) is 6.54 Å². The summed E-state index contributed by atoms with van der Waals surface area (Å²) in [6.45, 7) is 11.2. The van der Waals surface area contributed by atoms with Crippen LogP contribution in [0.4, 0.5) is 0 Å². The molecule has 1 aromatic rings. The lowest BCUT2D eigenvalue weighted by Gasteiger charge is -2.24. The van der Waals surface area contributed by atoms with E-state index in [4.69, 9.17) is 4.74 Å². The largest absolute Gasteiger partial charge is 0.491 e. The Balaban J connectivity index is 1.66. The molecule has 20 heavy (non-hydrogen) atoms. The zero-order valence-electron chi connectivity index (χ0n) is 12.8. The molecule has 0 aromatic heterocycles. The predicted molar refractivity (Wildman–Crippen MR) is 81.9 cm³/mol. The minimum Gasteiger partial charge on any atom is -0.491 e. The zero-order chi connectivity index (χ0) is 14.1. The molecule has 3 unspecified atom stereocenters. The summed E-state index contributed by atoms with van der Waals surface area (Å²) in [5.41, 5.74) is 1.36. The van der Waals surface area contributed by atoms with Gasteiger partial charge < -0.3 is 10.1 Å². The lowest BCUT2D eigenvalue weighted by molar-refractivity contribution is 0.228. The maximum Gasteiger partial charge on any atom is 0.120 e. The molecular formula is C17H26N2O. The van der Waals surface area contributed by atoms with Crippen LogP contribution in [0.2, 0.25) is 0 Å². The quantitative estimate of drug-likeness (QED) is 0.913. The van der Waals surface area contributed by atoms with E-state index in [0.717, 1.165) is 24.1 Å². The Morgan fingerprint density at radius 2 is 2.20 bits per heavy atom. The molecule has 3 heteroatoms. The second kappa shape index (κ2) is 5.74. The van der Waals surface area contributed by atoms with Crippen LogP contribution in [0.3, 0.4) is 0 Å². The molecular weight excluding hydrogens is 248 g/mol. The Morgan fingerprint density at radius 1 is 1.35 bits per heavy atom. The topological polar surface area (TPSA) is 24.5 Å². The number of nitrogens with zero attached hydrogens (tertiary/aromatic N) is 1. The van der Waals surface area contributed by atoms with E-state index in [0.29, 0.717) is 6.04 Å². The Labute approximate surface area is 122 Å². The highest BCUT2D eigenvalue weighted by molar-refractivity contribution is 5.28. The summed E-state index contributed by atoms with van der Waals surface area (Å²) >= 11 is 0. The molecule has 2 aliphatic heterocycles. The number of likely N-dealkylation sites (tertiary alicyclic amines) is 1. The molecule has 0 spiro atoms. The van der Waals surface area contributed by atoms with E-state index in [1.165, 1.54) is 25.2 Å². The van der Waals surface area contributed by atoms with Crippen molar-refractivity contribution in [1.29, 1.82) is 0 Å².